The Morgan fingerprint density at radius 2 is 1.87 bits per heavy atom. The zero-order valence-electron chi connectivity index (χ0n) is 17.1. The predicted octanol–water partition coefficient (Wildman–Crippen LogP) is 3.31. The average Bonchev–Trinajstić information content (AvgIpc) is 3.45. The van der Waals surface area contributed by atoms with Gasteiger partial charge in [-0.1, -0.05) is 12.1 Å². The van der Waals surface area contributed by atoms with Crippen LogP contribution in [0, 0.1) is 11.7 Å². The fourth-order valence-corrected chi connectivity index (χ4v) is 4.72. The molecule has 0 bridgehead atoms. The summed E-state index contributed by atoms with van der Waals surface area (Å²) in [6.45, 7) is 1.63. The zero-order chi connectivity index (χ0) is 21.4. The number of rotatable bonds is 3. The third-order valence-corrected chi connectivity index (χ3v) is 6.39. The van der Waals surface area contributed by atoms with Gasteiger partial charge in [0.25, 0.3) is 5.91 Å². The van der Waals surface area contributed by atoms with E-state index in [4.69, 9.17) is 0 Å². The van der Waals surface area contributed by atoms with E-state index in [-0.39, 0.29) is 29.3 Å². The van der Waals surface area contributed by atoms with E-state index in [0.717, 1.165) is 29.7 Å². The molecule has 2 aliphatic rings. The van der Waals surface area contributed by atoms with Crippen molar-refractivity contribution in [2.75, 3.05) is 19.6 Å². The van der Waals surface area contributed by atoms with Crippen molar-refractivity contribution in [3.63, 3.8) is 0 Å². The molecule has 2 fully saturated rings. The number of imidazole rings is 1. The SMILES string of the molecule is O=C(c1ccccc1F)N1CCC(C(=O)N2CCCC2c2nc3ccncc3[nH]2)CC1. The van der Waals surface area contributed by atoms with Crippen molar-refractivity contribution in [3.8, 4) is 0 Å². The molecule has 1 N–H and O–H groups in total. The van der Waals surface area contributed by atoms with Gasteiger partial charge in [-0.25, -0.2) is 9.37 Å². The number of H-pyrrole nitrogens is 1. The van der Waals surface area contributed by atoms with Gasteiger partial charge in [0, 0.05) is 31.7 Å². The lowest BCUT2D eigenvalue weighted by molar-refractivity contribution is -0.138. The second kappa shape index (κ2) is 8.09. The summed E-state index contributed by atoms with van der Waals surface area (Å²) in [6, 6.07) is 7.84. The number of halogens is 1. The van der Waals surface area contributed by atoms with Crippen molar-refractivity contribution in [1.82, 2.24) is 24.8 Å². The van der Waals surface area contributed by atoms with Crippen LogP contribution < -0.4 is 0 Å². The van der Waals surface area contributed by atoms with Crippen molar-refractivity contribution >= 4 is 22.8 Å². The summed E-state index contributed by atoms with van der Waals surface area (Å²) in [5.41, 5.74) is 1.81. The molecule has 7 nitrogen and oxygen atoms in total. The smallest absolute Gasteiger partial charge is 0.256 e. The number of carbonyl (C=O) groups excluding carboxylic acids is 2. The number of benzene rings is 1. The molecule has 31 heavy (non-hydrogen) atoms. The molecule has 1 unspecified atom stereocenters. The molecule has 0 saturated carbocycles. The average molecular weight is 421 g/mol. The van der Waals surface area contributed by atoms with Crippen molar-refractivity contribution in [2.45, 2.75) is 31.7 Å². The summed E-state index contributed by atoms with van der Waals surface area (Å²) in [5.74, 6) is -0.0121. The van der Waals surface area contributed by atoms with E-state index in [1.807, 2.05) is 11.0 Å². The van der Waals surface area contributed by atoms with E-state index >= 15 is 0 Å². The van der Waals surface area contributed by atoms with Crippen LogP contribution >= 0.6 is 0 Å². The molecule has 8 heteroatoms. The number of likely N-dealkylation sites (tertiary alicyclic amines) is 2. The van der Waals surface area contributed by atoms with Crippen LogP contribution in [0.25, 0.3) is 11.0 Å². The first-order valence-electron chi connectivity index (χ1n) is 10.8. The Hall–Kier alpha value is -3.29. The van der Waals surface area contributed by atoms with Gasteiger partial charge < -0.3 is 14.8 Å². The summed E-state index contributed by atoms with van der Waals surface area (Å²) >= 11 is 0. The first-order chi connectivity index (χ1) is 15.1. The summed E-state index contributed by atoms with van der Waals surface area (Å²) in [6.07, 6.45) is 6.45. The lowest BCUT2D eigenvalue weighted by Crippen LogP contribution is -2.44. The fraction of sp³-hybridized carbons (Fsp3) is 0.391. The zero-order valence-corrected chi connectivity index (χ0v) is 17.1. The van der Waals surface area contributed by atoms with Gasteiger partial charge in [-0.3, -0.25) is 14.6 Å². The van der Waals surface area contributed by atoms with Gasteiger partial charge in [-0.2, -0.15) is 0 Å². The number of aromatic nitrogens is 3. The quantitative estimate of drug-likeness (QED) is 0.703. The molecular formula is C23H24FN5O2. The van der Waals surface area contributed by atoms with Crippen molar-refractivity contribution in [1.29, 1.82) is 0 Å². The van der Waals surface area contributed by atoms with Gasteiger partial charge in [0.15, 0.2) is 0 Å². The molecule has 160 valence electrons. The highest BCUT2D eigenvalue weighted by molar-refractivity contribution is 5.94. The summed E-state index contributed by atoms with van der Waals surface area (Å²) < 4.78 is 14.0. The maximum atomic E-state index is 14.0. The van der Waals surface area contributed by atoms with Crippen LogP contribution in [-0.4, -0.2) is 56.2 Å². The molecule has 3 aromatic rings. The number of aromatic amines is 1. The van der Waals surface area contributed by atoms with Crippen molar-refractivity contribution in [2.24, 2.45) is 5.92 Å². The Labute approximate surface area is 179 Å². The monoisotopic (exact) mass is 421 g/mol. The number of hydrogen-bond donors (Lipinski definition) is 1. The number of pyridine rings is 1. The van der Waals surface area contributed by atoms with Crippen LogP contribution in [0.3, 0.4) is 0 Å². The van der Waals surface area contributed by atoms with Gasteiger partial charge >= 0.3 is 0 Å². The topological polar surface area (TPSA) is 82.2 Å². The van der Waals surface area contributed by atoms with E-state index in [0.29, 0.717) is 32.5 Å². The molecule has 2 aliphatic heterocycles. The molecule has 4 heterocycles. The molecule has 0 radical (unpaired) electrons. The summed E-state index contributed by atoms with van der Waals surface area (Å²) in [4.78, 5) is 41.6. The summed E-state index contributed by atoms with van der Waals surface area (Å²) in [5, 5.41) is 0. The van der Waals surface area contributed by atoms with E-state index in [1.54, 1.807) is 29.4 Å². The van der Waals surface area contributed by atoms with E-state index < -0.39 is 5.82 Å². The van der Waals surface area contributed by atoms with E-state index in [2.05, 4.69) is 15.0 Å². The van der Waals surface area contributed by atoms with Crippen molar-refractivity contribution < 1.29 is 14.0 Å². The number of nitrogens with one attached hydrogen (secondary N) is 1. The third-order valence-electron chi connectivity index (χ3n) is 6.39. The van der Waals surface area contributed by atoms with Crippen LogP contribution in [0.5, 0.6) is 0 Å². The standard InChI is InChI=1S/C23H24FN5O2/c24-17-5-2-1-4-16(17)23(31)28-12-8-15(9-13-28)22(30)29-11-3-6-20(29)21-26-18-7-10-25-14-19(18)27-21/h1-2,4-5,7,10,14-15,20H,3,6,8-9,11-13H2,(H,26,27). The highest BCUT2D eigenvalue weighted by Gasteiger charge is 2.37. The maximum absolute atomic E-state index is 14.0. The number of hydrogen-bond acceptors (Lipinski definition) is 4. The lowest BCUT2D eigenvalue weighted by Gasteiger charge is -2.34. The number of carbonyl (C=O) groups is 2. The van der Waals surface area contributed by atoms with Crippen LogP contribution in [0.15, 0.2) is 42.7 Å². The maximum Gasteiger partial charge on any atom is 0.256 e. The fourth-order valence-electron chi connectivity index (χ4n) is 4.72. The molecule has 0 spiro atoms. The Bertz CT molecular complexity index is 1090. The Morgan fingerprint density at radius 1 is 1.06 bits per heavy atom. The lowest BCUT2D eigenvalue weighted by atomic mass is 9.94. The highest BCUT2D eigenvalue weighted by atomic mass is 19.1. The number of nitrogens with zero attached hydrogens (tertiary/aromatic N) is 4. The Morgan fingerprint density at radius 3 is 2.65 bits per heavy atom. The van der Waals surface area contributed by atoms with Gasteiger partial charge in [-0.05, 0) is 43.9 Å². The summed E-state index contributed by atoms with van der Waals surface area (Å²) in [7, 11) is 0. The molecule has 5 rings (SSSR count). The second-order valence-electron chi connectivity index (χ2n) is 8.25. The predicted molar refractivity (Wildman–Crippen MR) is 113 cm³/mol. The number of piperidine rings is 1. The Balaban J connectivity index is 1.25. The second-order valence-corrected chi connectivity index (χ2v) is 8.25. The van der Waals surface area contributed by atoms with Crippen LogP contribution in [0.4, 0.5) is 4.39 Å². The minimum Gasteiger partial charge on any atom is -0.339 e. The van der Waals surface area contributed by atoms with E-state index in [9.17, 15) is 14.0 Å². The Kier molecular flexibility index (Phi) is 5.13. The van der Waals surface area contributed by atoms with Crippen LogP contribution in [0.2, 0.25) is 0 Å². The van der Waals surface area contributed by atoms with Gasteiger partial charge in [0.1, 0.15) is 11.6 Å². The normalized spacial score (nSPS) is 19.8. The third kappa shape index (κ3) is 3.66. The number of amides is 2. The van der Waals surface area contributed by atoms with Gasteiger partial charge in [0.2, 0.25) is 5.91 Å². The molecule has 1 atom stereocenters. The first-order valence-corrected chi connectivity index (χ1v) is 10.8. The number of fused-ring (bicyclic) bond motifs is 1. The molecule has 2 amide bonds. The molecule has 0 aliphatic carbocycles. The minimum absolute atomic E-state index is 0.0574. The van der Waals surface area contributed by atoms with Gasteiger partial charge in [0.05, 0.1) is 28.8 Å². The van der Waals surface area contributed by atoms with Crippen LogP contribution in [0.1, 0.15) is 47.9 Å². The van der Waals surface area contributed by atoms with Crippen LogP contribution in [-0.2, 0) is 4.79 Å². The van der Waals surface area contributed by atoms with Gasteiger partial charge in [-0.15, -0.1) is 0 Å². The highest BCUT2D eigenvalue weighted by Crippen LogP contribution is 2.34. The van der Waals surface area contributed by atoms with Crippen molar-refractivity contribution in [3.05, 3.63) is 59.9 Å². The minimum atomic E-state index is -0.508. The molecule has 2 aromatic heterocycles. The van der Waals surface area contributed by atoms with E-state index in [1.165, 1.54) is 12.1 Å². The molecule has 2 saturated heterocycles. The molecular weight excluding hydrogens is 397 g/mol. The molecule has 1 aromatic carbocycles. The first kappa shape index (κ1) is 19.7. The largest absolute Gasteiger partial charge is 0.339 e.